The number of benzene rings is 1. The molecule has 0 radical (unpaired) electrons. The molecule has 0 atom stereocenters. The van der Waals surface area contributed by atoms with Crippen LogP contribution in [-0.4, -0.2) is 24.4 Å². The van der Waals surface area contributed by atoms with E-state index in [4.69, 9.17) is 11.6 Å². The van der Waals surface area contributed by atoms with Gasteiger partial charge in [0.1, 0.15) is 0 Å². The van der Waals surface area contributed by atoms with Crippen LogP contribution in [0.4, 0.5) is 0 Å². The predicted octanol–water partition coefficient (Wildman–Crippen LogP) is 2.74. The Labute approximate surface area is 89.5 Å². The van der Waals surface area contributed by atoms with Gasteiger partial charge in [-0.15, -0.1) is 0 Å². The molecule has 0 saturated heterocycles. The van der Waals surface area contributed by atoms with Crippen molar-refractivity contribution in [1.29, 1.82) is 0 Å². The third-order valence-electron chi connectivity index (χ3n) is 2.23. The first-order valence-electron chi connectivity index (χ1n) is 4.58. The molecule has 14 heavy (non-hydrogen) atoms. The topological polar surface area (TPSA) is 20.3 Å². The molecule has 1 aromatic rings. The fourth-order valence-electron chi connectivity index (χ4n) is 1.14. The summed E-state index contributed by atoms with van der Waals surface area (Å²) in [6, 6.07) is 5.33. The fraction of sp³-hybridized carbons (Fsp3) is 0.364. The van der Waals surface area contributed by atoms with Gasteiger partial charge in [0.05, 0.1) is 0 Å². The van der Waals surface area contributed by atoms with E-state index in [1.54, 1.807) is 24.1 Å². The Balaban J connectivity index is 2.97. The number of aryl methyl sites for hydroxylation is 1. The Hall–Kier alpha value is -1.02. The number of rotatable bonds is 2. The molecular weight excluding hydrogens is 198 g/mol. The van der Waals surface area contributed by atoms with Crippen LogP contribution in [0, 0.1) is 6.92 Å². The zero-order valence-corrected chi connectivity index (χ0v) is 9.43. The quantitative estimate of drug-likeness (QED) is 0.737. The van der Waals surface area contributed by atoms with Crippen molar-refractivity contribution in [2.45, 2.75) is 13.8 Å². The molecule has 0 aromatic heterocycles. The standard InChI is InChI=1S/C11H14ClNO/c1-4-13(3)11(14)9-5-6-10(12)8(2)7-9/h5-7H,4H2,1-3H3. The first-order valence-corrected chi connectivity index (χ1v) is 4.95. The number of carbonyl (C=O) groups excluding carboxylic acids is 1. The lowest BCUT2D eigenvalue weighted by Gasteiger charge is -2.14. The van der Waals surface area contributed by atoms with E-state index in [0.29, 0.717) is 17.1 Å². The molecule has 3 heteroatoms. The van der Waals surface area contributed by atoms with Crippen molar-refractivity contribution in [3.8, 4) is 0 Å². The number of nitrogens with zero attached hydrogens (tertiary/aromatic N) is 1. The van der Waals surface area contributed by atoms with E-state index in [1.807, 2.05) is 19.9 Å². The second kappa shape index (κ2) is 4.47. The van der Waals surface area contributed by atoms with Crippen LogP contribution in [-0.2, 0) is 0 Å². The zero-order chi connectivity index (χ0) is 10.7. The largest absolute Gasteiger partial charge is 0.342 e. The van der Waals surface area contributed by atoms with Gasteiger partial charge >= 0.3 is 0 Å². The van der Waals surface area contributed by atoms with E-state index in [2.05, 4.69) is 0 Å². The Morgan fingerprint density at radius 3 is 2.64 bits per heavy atom. The third kappa shape index (κ3) is 2.26. The Kier molecular flexibility index (Phi) is 3.53. The first kappa shape index (κ1) is 11.1. The van der Waals surface area contributed by atoms with Crippen LogP contribution in [0.2, 0.25) is 5.02 Å². The fourth-order valence-corrected chi connectivity index (χ4v) is 1.26. The first-order chi connectivity index (χ1) is 6.56. The van der Waals surface area contributed by atoms with Crippen molar-refractivity contribution < 1.29 is 4.79 Å². The van der Waals surface area contributed by atoms with Crippen LogP contribution in [0.1, 0.15) is 22.8 Å². The molecule has 0 aliphatic rings. The maximum atomic E-state index is 11.7. The van der Waals surface area contributed by atoms with Gasteiger partial charge in [-0.25, -0.2) is 0 Å². The van der Waals surface area contributed by atoms with Gasteiger partial charge < -0.3 is 4.90 Å². The molecule has 0 bridgehead atoms. The SMILES string of the molecule is CCN(C)C(=O)c1ccc(Cl)c(C)c1. The molecule has 0 spiro atoms. The molecular formula is C11H14ClNO. The van der Waals surface area contributed by atoms with Crippen LogP contribution in [0.3, 0.4) is 0 Å². The molecule has 0 N–H and O–H groups in total. The smallest absolute Gasteiger partial charge is 0.253 e. The van der Waals surface area contributed by atoms with E-state index >= 15 is 0 Å². The molecule has 1 rings (SSSR count). The van der Waals surface area contributed by atoms with E-state index in [-0.39, 0.29) is 5.91 Å². The van der Waals surface area contributed by atoms with Crippen molar-refractivity contribution in [1.82, 2.24) is 4.90 Å². The summed E-state index contributed by atoms with van der Waals surface area (Å²) in [5.74, 6) is 0.0345. The Bertz CT molecular complexity index is 349. The summed E-state index contributed by atoms with van der Waals surface area (Å²) in [5, 5.41) is 0.695. The number of amides is 1. The van der Waals surface area contributed by atoms with Gasteiger partial charge in [-0.1, -0.05) is 11.6 Å². The van der Waals surface area contributed by atoms with Crippen molar-refractivity contribution in [3.63, 3.8) is 0 Å². The minimum atomic E-state index is 0.0345. The summed E-state index contributed by atoms with van der Waals surface area (Å²) in [6.07, 6.45) is 0. The second-order valence-corrected chi connectivity index (χ2v) is 3.69. The van der Waals surface area contributed by atoms with Crippen LogP contribution in [0.25, 0.3) is 0 Å². The van der Waals surface area contributed by atoms with Gasteiger partial charge in [0.25, 0.3) is 5.91 Å². The molecule has 0 aliphatic carbocycles. The minimum Gasteiger partial charge on any atom is -0.342 e. The normalized spacial score (nSPS) is 10.0. The lowest BCUT2D eigenvalue weighted by Crippen LogP contribution is -2.26. The van der Waals surface area contributed by atoms with Crippen molar-refractivity contribution >= 4 is 17.5 Å². The highest BCUT2D eigenvalue weighted by Gasteiger charge is 2.10. The molecule has 2 nitrogen and oxygen atoms in total. The van der Waals surface area contributed by atoms with E-state index in [0.717, 1.165) is 5.56 Å². The molecule has 0 aliphatic heterocycles. The number of hydrogen-bond acceptors (Lipinski definition) is 1. The van der Waals surface area contributed by atoms with Gasteiger partial charge in [0, 0.05) is 24.2 Å². The highest BCUT2D eigenvalue weighted by molar-refractivity contribution is 6.31. The van der Waals surface area contributed by atoms with Gasteiger partial charge in [-0.3, -0.25) is 4.79 Å². The van der Waals surface area contributed by atoms with Crippen molar-refractivity contribution in [2.24, 2.45) is 0 Å². The summed E-state index contributed by atoms with van der Waals surface area (Å²) in [4.78, 5) is 13.4. The maximum absolute atomic E-state index is 11.7. The predicted molar refractivity (Wildman–Crippen MR) is 58.8 cm³/mol. The number of carbonyl (C=O) groups is 1. The molecule has 76 valence electrons. The third-order valence-corrected chi connectivity index (χ3v) is 2.65. The zero-order valence-electron chi connectivity index (χ0n) is 8.67. The van der Waals surface area contributed by atoms with Crippen LogP contribution in [0.5, 0.6) is 0 Å². The highest BCUT2D eigenvalue weighted by atomic mass is 35.5. The monoisotopic (exact) mass is 211 g/mol. The van der Waals surface area contributed by atoms with Gasteiger partial charge in [0.15, 0.2) is 0 Å². The summed E-state index contributed by atoms with van der Waals surface area (Å²) >= 11 is 5.87. The number of halogens is 1. The molecule has 0 unspecified atom stereocenters. The summed E-state index contributed by atoms with van der Waals surface area (Å²) < 4.78 is 0. The molecule has 0 saturated carbocycles. The van der Waals surface area contributed by atoms with Crippen molar-refractivity contribution in [3.05, 3.63) is 34.3 Å². The Morgan fingerprint density at radius 1 is 1.50 bits per heavy atom. The number of hydrogen-bond donors (Lipinski definition) is 0. The summed E-state index contributed by atoms with van der Waals surface area (Å²) in [7, 11) is 1.78. The average Bonchev–Trinajstić information content (AvgIpc) is 2.20. The van der Waals surface area contributed by atoms with Crippen molar-refractivity contribution in [2.75, 3.05) is 13.6 Å². The summed E-state index contributed by atoms with van der Waals surface area (Å²) in [5.41, 5.74) is 1.62. The van der Waals surface area contributed by atoms with Gasteiger partial charge in [-0.05, 0) is 37.6 Å². The highest BCUT2D eigenvalue weighted by Crippen LogP contribution is 2.17. The van der Waals surface area contributed by atoms with E-state index in [1.165, 1.54) is 0 Å². The van der Waals surface area contributed by atoms with E-state index in [9.17, 15) is 4.79 Å². The van der Waals surface area contributed by atoms with Gasteiger partial charge in [-0.2, -0.15) is 0 Å². The van der Waals surface area contributed by atoms with Crippen LogP contribution in [0.15, 0.2) is 18.2 Å². The molecule has 1 amide bonds. The molecule has 0 fully saturated rings. The van der Waals surface area contributed by atoms with Gasteiger partial charge in [0.2, 0.25) is 0 Å². The molecule has 1 aromatic carbocycles. The van der Waals surface area contributed by atoms with Crippen LogP contribution >= 0.6 is 11.6 Å². The minimum absolute atomic E-state index is 0.0345. The Morgan fingerprint density at radius 2 is 2.14 bits per heavy atom. The lowest BCUT2D eigenvalue weighted by molar-refractivity contribution is 0.0802. The second-order valence-electron chi connectivity index (χ2n) is 3.28. The van der Waals surface area contributed by atoms with Crippen LogP contribution < -0.4 is 0 Å². The lowest BCUT2D eigenvalue weighted by atomic mass is 10.1. The van der Waals surface area contributed by atoms with E-state index < -0.39 is 0 Å². The summed E-state index contributed by atoms with van der Waals surface area (Å²) in [6.45, 7) is 4.55. The maximum Gasteiger partial charge on any atom is 0.253 e. The average molecular weight is 212 g/mol. The molecule has 0 heterocycles.